The first-order valence-electron chi connectivity index (χ1n) is 8.39. The Morgan fingerprint density at radius 3 is 2.42 bits per heavy atom. The van der Waals surface area contributed by atoms with E-state index in [9.17, 15) is 14.0 Å². The van der Waals surface area contributed by atoms with E-state index >= 15 is 0 Å². The van der Waals surface area contributed by atoms with Crippen LogP contribution in [0.2, 0.25) is 5.02 Å². The first-order valence-corrected chi connectivity index (χ1v) is 8.77. The number of carbonyl (C=O) groups is 2. The molecule has 0 radical (unpaired) electrons. The van der Waals surface area contributed by atoms with E-state index in [1.54, 1.807) is 13.8 Å². The lowest BCUT2D eigenvalue weighted by Crippen LogP contribution is -2.48. The van der Waals surface area contributed by atoms with Crippen LogP contribution < -0.4 is 10.6 Å². The summed E-state index contributed by atoms with van der Waals surface area (Å²) < 4.78 is 13.2. The van der Waals surface area contributed by atoms with Gasteiger partial charge in [-0.05, 0) is 49.9 Å². The van der Waals surface area contributed by atoms with Gasteiger partial charge in [0.05, 0.1) is 5.54 Å². The van der Waals surface area contributed by atoms with E-state index in [1.165, 1.54) is 23.8 Å². The molecule has 0 aliphatic carbocycles. The summed E-state index contributed by atoms with van der Waals surface area (Å²) in [4.78, 5) is 24.1. The lowest BCUT2D eigenvalue weighted by Gasteiger charge is -2.27. The third kappa shape index (κ3) is 5.56. The van der Waals surface area contributed by atoms with E-state index < -0.39 is 23.2 Å². The summed E-state index contributed by atoms with van der Waals surface area (Å²) in [6.45, 7) is 3.80. The Hall–Kier alpha value is -2.40. The quantitative estimate of drug-likeness (QED) is 0.598. The monoisotopic (exact) mass is 376 g/mol. The summed E-state index contributed by atoms with van der Waals surface area (Å²) in [6.07, 6.45) is 1.55. The van der Waals surface area contributed by atoms with Gasteiger partial charge in [0.15, 0.2) is 0 Å². The summed E-state index contributed by atoms with van der Waals surface area (Å²) in [7, 11) is 0. The minimum Gasteiger partial charge on any atom is -0.348 e. The van der Waals surface area contributed by atoms with Gasteiger partial charge in [-0.1, -0.05) is 48.0 Å². The van der Waals surface area contributed by atoms with Gasteiger partial charge in [0.25, 0.3) is 0 Å². The fraction of sp³-hybridized carbons (Fsp3) is 0.300. The number of halogens is 2. The third-order valence-electron chi connectivity index (χ3n) is 4.01. The largest absolute Gasteiger partial charge is 0.348 e. The zero-order chi connectivity index (χ0) is 19.2. The van der Waals surface area contributed by atoms with Gasteiger partial charge in [-0.2, -0.15) is 0 Å². The van der Waals surface area contributed by atoms with Crippen LogP contribution in [0.1, 0.15) is 31.4 Å². The summed E-state index contributed by atoms with van der Waals surface area (Å²) >= 11 is 6.05. The van der Waals surface area contributed by atoms with Crippen LogP contribution in [0.15, 0.2) is 48.5 Å². The maximum atomic E-state index is 13.2. The van der Waals surface area contributed by atoms with Crippen LogP contribution in [0.5, 0.6) is 0 Å². The number of carbonyl (C=O) groups excluding carboxylic acids is 2. The van der Waals surface area contributed by atoms with Crippen molar-refractivity contribution in [1.29, 1.82) is 0 Å². The number of hydrogen-bond acceptors (Lipinski definition) is 2. The van der Waals surface area contributed by atoms with E-state index in [2.05, 4.69) is 10.6 Å². The molecule has 0 unspecified atom stereocenters. The molecule has 0 fully saturated rings. The normalized spacial score (nSPS) is 11.1. The topological polar surface area (TPSA) is 58.2 Å². The molecule has 138 valence electrons. The van der Waals surface area contributed by atoms with E-state index in [0.29, 0.717) is 12.1 Å². The van der Waals surface area contributed by atoms with Crippen molar-refractivity contribution in [2.45, 2.75) is 32.2 Å². The van der Waals surface area contributed by atoms with Gasteiger partial charge < -0.3 is 10.6 Å². The van der Waals surface area contributed by atoms with Crippen molar-refractivity contribution in [2.24, 2.45) is 0 Å². The minimum atomic E-state index is -0.913. The van der Waals surface area contributed by atoms with Crippen LogP contribution in [-0.2, 0) is 21.5 Å². The van der Waals surface area contributed by atoms with Gasteiger partial charge in [-0.15, -0.1) is 0 Å². The highest BCUT2D eigenvalue weighted by Crippen LogP contribution is 2.28. The van der Waals surface area contributed by atoms with Gasteiger partial charge in [0, 0.05) is 11.6 Å². The van der Waals surface area contributed by atoms with E-state index in [4.69, 9.17) is 11.6 Å². The summed E-state index contributed by atoms with van der Waals surface area (Å²) in [6, 6.07) is 13.8. The highest BCUT2D eigenvalue weighted by molar-refractivity contribution is 6.35. The van der Waals surface area contributed by atoms with Crippen molar-refractivity contribution >= 4 is 23.4 Å². The third-order valence-corrected chi connectivity index (χ3v) is 4.32. The molecule has 6 heteroatoms. The van der Waals surface area contributed by atoms with Gasteiger partial charge in [0.2, 0.25) is 0 Å². The predicted molar refractivity (Wildman–Crippen MR) is 100 cm³/mol. The van der Waals surface area contributed by atoms with Crippen molar-refractivity contribution in [3.63, 3.8) is 0 Å². The first kappa shape index (κ1) is 19.9. The zero-order valence-corrected chi connectivity index (χ0v) is 15.6. The second-order valence-corrected chi connectivity index (χ2v) is 6.96. The molecule has 2 aromatic rings. The number of nitrogens with one attached hydrogen (secondary N) is 2. The molecule has 2 aromatic carbocycles. The van der Waals surface area contributed by atoms with Crippen LogP contribution in [0.25, 0.3) is 0 Å². The Bertz CT molecular complexity index is 779. The summed E-state index contributed by atoms with van der Waals surface area (Å²) in [5.41, 5.74) is 0.799. The molecule has 0 atom stereocenters. The van der Waals surface area contributed by atoms with Crippen molar-refractivity contribution in [3.05, 3.63) is 70.5 Å². The maximum Gasteiger partial charge on any atom is 0.309 e. The molecule has 0 bridgehead atoms. The molecule has 2 rings (SSSR count). The molecule has 2 amide bonds. The average molecular weight is 377 g/mol. The lowest BCUT2D eigenvalue weighted by atomic mass is 9.94. The van der Waals surface area contributed by atoms with Crippen LogP contribution in [-0.4, -0.2) is 18.4 Å². The number of amides is 2. The predicted octanol–water partition coefficient (Wildman–Crippen LogP) is 3.58. The zero-order valence-electron chi connectivity index (χ0n) is 14.8. The number of aryl methyl sites for hydroxylation is 1. The molecule has 0 heterocycles. The van der Waals surface area contributed by atoms with Crippen LogP contribution in [0.3, 0.4) is 0 Å². The Morgan fingerprint density at radius 2 is 1.77 bits per heavy atom. The van der Waals surface area contributed by atoms with E-state index in [1.807, 2.05) is 30.3 Å². The second kappa shape index (κ2) is 8.81. The van der Waals surface area contributed by atoms with E-state index in [0.717, 1.165) is 12.8 Å². The smallest absolute Gasteiger partial charge is 0.309 e. The fourth-order valence-electron chi connectivity index (χ4n) is 2.62. The molecule has 0 aliphatic rings. The first-order chi connectivity index (χ1) is 12.3. The van der Waals surface area contributed by atoms with Crippen LogP contribution in [0.4, 0.5) is 4.39 Å². The van der Waals surface area contributed by atoms with Crippen LogP contribution >= 0.6 is 11.6 Å². The molecule has 0 aromatic heterocycles. The van der Waals surface area contributed by atoms with Gasteiger partial charge in [-0.3, -0.25) is 9.59 Å². The Kier molecular flexibility index (Phi) is 6.75. The van der Waals surface area contributed by atoms with Crippen molar-refractivity contribution < 1.29 is 14.0 Å². The minimum absolute atomic E-state index is 0.193. The maximum absolute atomic E-state index is 13.2. The highest BCUT2D eigenvalue weighted by atomic mass is 35.5. The van der Waals surface area contributed by atoms with Gasteiger partial charge >= 0.3 is 11.8 Å². The van der Waals surface area contributed by atoms with Crippen molar-refractivity contribution in [3.8, 4) is 0 Å². The molecular formula is C20H22ClFN2O2. The molecule has 2 N–H and O–H groups in total. The Labute approximate surface area is 157 Å². The second-order valence-electron chi connectivity index (χ2n) is 6.55. The average Bonchev–Trinajstić information content (AvgIpc) is 2.58. The number of rotatable bonds is 6. The fourth-order valence-corrected chi connectivity index (χ4v) is 3.03. The molecule has 0 saturated carbocycles. The van der Waals surface area contributed by atoms with Crippen LogP contribution in [0, 0.1) is 5.82 Å². The highest BCUT2D eigenvalue weighted by Gasteiger charge is 2.28. The van der Waals surface area contributed by atoms with Crippen molar-refractivity contribution in [2.75, 3.05) is 6.54 Å². The van der Waals surface area contributed by atoms with Crippen molar-refractivity contribution in [1.82, 2.24) is 10.6 Å². The van der Waals surface area contributed by atoms with Gasteiger partial charge in [0.1, 0.15) is 5.82 Å². The molecule has 0 saturated heterocycles. The van der Waals surface area contributed by atoms with E-state index in [-0.39, 0.29) is 5.02 Å². The van der Waals surface area contributed by atoms with Gasteiger partial charge in [-0.25, -0.2) is 4.39 Å². The summed E-state index contributed by atoms with van der Waals surface area (Å²) in [5.74, 6) is -1.92. The molecule has 0 spiro atoms. The molecule has 4 nitrogen and oxygen atoms in total. The number of hydrogen-bond donors (Lipinski definition) is 2. The molecular weight excluding hydrogens is 355 g/mol. The number of benzene rings is 2. The molecule has 0 aliphatic heterocycles. The SMILES string of the molecule is CC(C)(NC(=O)C(=O)NCCCc1ccccc1)c1ccc(F)cc1Cl. The Morgan fingerprint density at radius 1 is 1.08 bits per heavy atom. The summed E-state index contributed by atoms with van der Waals surface area (Å²) in [5, 5.41) is 5.43. The molecule has 26 heavy (non-hydrogen) atoms. The standard InChI is InChI=1S/C20H22ClFN2O2/c1-20(2,16-11-10-15(22)13-17(16)21)24-19(26)18(25)23-12-6-9-14-7-4-3-5-8-14/h3-5,7-8,10-11,13H,6,9,12H2,1-2H3,(H,23,25)(H,24,26). The lowest BCUT2D eigenvalue weighted by molar-refractivity contribution is -0.140. The Balaban J connectivity index is 1.84.